The van der Waals surface area contributed by atoms with Gasteiger partial charge >= 0.3 is 0 Å². The van der Waals surface area contributed by atoms with Gasteiger partial charge in [-0.2, -0.15) is 0 Å². The Morgan fingerprint density at radius 2 is 1.96 bits per heavy atom. The molecule has 0 bridgehead atoms. The van der Waals surface area contributed by atoms with Gasteiger partial charge in [0.05, 0.1) is 5.69 Å². The zero-order valence-electron chi connectivity index (χ0n) is 14.0. The summed E-state index contributed by atoms with van der Waals surface area (Å²) < 4.78 is 20.0. The van der Waals surface area contributed by atoms with E-state index in [1.54, 1.807) is 18.2 Å². The lowest BCUT2D eigenvalue weighted by atomic mass is 10.1. The summed E-state index contributed by atoms with van der Waals surface area (Å²) in [6.45, 7) is 1.90. The third kappa shape index (κ3) is 4.74. The fraction of sp³-hybridized carbons (Fsp3) is 0.0526. The summed E-state index contributed by atoms with van der Waals surface area (Å²) in [7, 11) is 0. The second kappa shape index (κ2) is 8.21. The lowest BCUT2D eigenvalue weighted by Crippen LogP contribution is -2.34. The highest BCUT2D eigenvalue weighted by molar-refractivity contribution is 9.10. The van der Waals surface area contributed by atoms with Crippen molar-refractivity contribution in [3.63, 3.8) is 0 Å². The topological polar surface area (TPSA) is 54.3 Å². The number of anilines is 1. The van der Waals surface area contributed by atoms with Gasteiger partial charge in [0.25, 0.3) is 5.91 Å². The van der Waals surface area contributed by atoms with Crippen LogP contribution >= 0.6 is 39.7 Å². The zero-order valence-corrected chi connectivity index (χ0v) is 17.1. The first-order chi connectivity index (χ1) is 12.8. The predicted octanol–water partition coefficient (Wildman–Crippen LogP) is 5.94. The average Bonchev–Trinajstić information content (AvgIpc) is 3.10. The molecule has 0 atom stereocenters. The maximum atomic E-state index is 13.8. The molecule has 0 spiro atoms. The summed E-state index contributed by atoms with van der Waals surface area (Å²) in [5, 5.41) is 5.65. The molecule has 138 valence electrons. The average molecular weight is 468 g/mol. The second-order valence-electron chi connectivity index (χ2n) is 5.66. The van der Waals surface area contributed by atoms with Crippen LogP contribution < -0.4 is 10.6 Å². The van der Waals surface area contributed by atoms with E-state index in [2.05, 4.69) is 26.6 Å². The Balaban J connectivity index is 1.68. The molecular formula is C19H13BrClFN2O2S. The van der Waals surface area contributed by atoms with Crippen LogP contribution in [0.3, 0.4) is 0 Å². The molecular weight excluding hydrogens is 455 g/mol. The minimum Gasteiger partial charge on any atom is -0.451 e. The zero-order chi connectivity index (χ0) is 19.6. The summed E-state index contributed by atoms with van der Waals surface area (Å²) in [6.07, 6.45) is 0. The minimum absolute atomic E-state index is 0.0439. The fourth-order valence-electron chi connectivity index (χ4n) is 2.27. The Kier molecular flexibility index (Phi) is 5.94. The number of thiocarbonyl (C=S) groups is 1. The largest absolute Gasteiger partial charge is 0.451 e. The number of carbonyl (C=O) groups excluding carboxylic acids is 1. The van der Waals surface area contributed by atoms with E-state index in [-0.39, 0.29) is 16.6 Å². The van der Waals surface area contributed by atoms with Crippen LogP contribution in [-0.2, 0) is 0 Å². The first-order valence-electron chi connectivity index (χ1n) is 7.77. The van der Waals surface area contributed by atoms with Crippen molar-refractivity contribution < 1.29 is 13.6 Å². The summed E-state index contributed by atoms with van der Waals surface area (Å²) in [5.41, 5.74) is 1.85. The molecule has 3 aromatic rings. The summed E-state index contributed by atoms with van der Waals surface area (Å²) >= 11 is 14.3. The molecule has 4 nitrogen and oxygen atoms in total. The quantitative estimate of drug-likeness (QED) is 0.468. The van der Waals surface area contributed by atoms with Crippen molar-refractivity contribution in [3.05, 3.63) is 75.2 Å². The van der Waals surface area contributed by atoms with E-state index in [0.29, 0.717) is 15.3 Å². The van der Waals surface area contributed by atoms with Gasteiger partial charge in [0.15, 0.2) is 10.9 Å². The number of nitrogens with one attached hydrogen (secondary N) is 2. The van der Waals surface area contributed by atoms with Crippen LogP contribution in [0.4, 0.5) is 10.1 Å². The first kappa shape index (κ1) is 19.5. The second-order valence-corrected chi connectivity index (χ2v) is 7.39. The van der Waals surface area contributed by atoms with Gasteiger partial charge in [-0.15, -0.1) is 0 Å². The highest BCUT2D eigenvalue weighted by Crippen LogP contribution is 2.27. The summed E-state index contributed by atoms with van der Waals surface area (Å²) in [5.74, 6) is -0.478. The molecule has 0 saturated heterocycles. The smallest absolute Gasteiger partial charge is 0.293 e. The van der Waals surface area contributed by atoms with E-state index < -0.39 is 11.7 Å². The molecule has 1 heterocycles. The Morgan fingerprint density at radius 1 is 1.19 bits per heavy atom. The fourth-order valence-corrected chi connectivity index (χ4v) is 2.99. The number of amides is 1. The van der Waals surface area contributed by atoms with Gasteiger partial charge in [0.2, 0.25) is 0 Å². The maximum absolute atomic E-state index is 13.8. The van der Waals surface area contributed by atoms with Gasteiger partial charge in [0, 0.05) is 15.1 Å². The van der Waals surface area contributed by atoms with E-state index in [0.717, 1.165) is 11.1 Å². The van der Waals surface area contributed by atoms with Gasteiger partial charge in [0.1, 0.15) is 11.6 Å². The van der Waals surface area contributed by atoms with Crippen LogP contribution in [0.5, 0.6) is 0 Å². The number of rotatable bonds is 3. The molecule has 0 saturated carbocycles. The van der Waals surface area contributed by atoms with Crippen molar-refractivity contribution >= 4 is 56.5 Å². The van der Waals surface area contributed by atoms with Crippen LogP contribution in [0, 0.1) is 12.7 Å². The van der Waals surface area contributed by atoms with Gasteiger partial charge in [-0.05, 0) is 61.1 Å². The first-order valence-corrected chi connectivity index (χ1v) is 9.35. The molecule has 0 aliphatic heterocycles. The number of halogens is 3. The van der Waals surface area contributed by atoms with E-state index in [1.807, 2.05) is 19.1 Å². The van der Waals surface area contributed by atoms with Crippen molar-refractivity contribution in [1.29, 1.82) is 0 Å². The Labute approximate surface area is 173 Å². The number of hydrogen-bond acceptors (Lipinski definition) is 3. The SMILES string of the molecule is Cc1ccc(-c2ccc(C(=O)NC(=S)Nc3ccc(Br)cc3F)o2)cc1Cl. The normalized spacial score (nSPS) is 10.5. The van der Waals surface area contributed by atoms with Gasteiger partial charge in [-0.1, -0.05) is 39.7 Å². The monoisotopic (exact) mass is 466 g/mol. The van der Waals surface area contributed by atoms with Crippen molar-refractivity contribution in [1.82, 2.24) is 5.32 Å². The van der Waals surface area contributed by atoms with Gasteiger partial charge in [-0.25, -0.2) is 4.39 Å². The predicted molar refractivity (Wildman–Crippen MR) is 112 cm³/mol. The molecule has 0 unspecified atom stereocenters. The maximum Gasteiger partial charge on any atom is 0.293 e. The Hall–Kier alpha value is -2.22. The Bertz CT molecular complexity index is 1040. The standard InChI is InChI=1S/C19H13BrClFN2O2S/c1-10-2-3-11(8-13(10)21)16-6-7-17(26-16)18(25)24-19(27)23-15-5-4-12(20)9-14(15)22/h2-9H,1H3,(H2,23,24,25,27). The Morgan fingerprint density at radius 3 is 2.67 bits per heavy atom. The molecule has 0 aliphatic rings. The highest BCUT2D eigenvalue weighted by atomic mass is 79.9. The van der Waals surface area contributed by atoms with Crippen molar-refractivity contribution in [2.24, 2.45) is 0 Å². The number of hydrogen-bond donors (Lipinski definition) is 2. The molecule has 3 rings (SSSR count). The van der Waals surface area contributed by atoms with Crippen LogP contribution in [-0.4, -0.2) is 11.0 Å². The summed E-state index contributed by atoms with van der Waals surface area (Å²) in [4.78, 5) is 12.3. The van der Waals surface area contributed by atoms with Gasteiger partial charge in [-0.3, -0.25) is 10.1 Å². The molecule has 0 aliphatic carbocycles. The van der Waals surface area contributed by atoms with Crippen LogP contribution in [0.15, 0.2) is 57.4 Å². The molecule has 1 amide bonds. The number of carbonyl (C=O) groups is 1. The molecule has 0 radical (unpaired) electrons. The van der Waals surface area contributed by atoms with E-state index >= 15 is 0 Å². The lowest BCUT2D eigenvalue weighted by molar-refractivity contribution is 0.0951. The molecule has 8 heteroatoms. The molecule has 2 aromatic carbocycles. The lowest BCUT2D eigenvalue weighted by Gasteiger charge is -2.09. The van der Waals surface area contributed by atoms with E-state index in [9.17, 15) is 9.18 Å². The van der Waals surface area contributed by atoms with E-state index in [1.165, 1.54) is 18.2 Å². The van der Waals surface area contributed by atoms with E-state index in [4.69, 9.17) is 28.2 Å². The third-order valence-corrected chi connectivity index (χ3v) is 4.80. The highest BCUT2D eigenvalue weighted by Gasteiger charge is 2.15. The summed E-state index contributed by atoms with van der Waals surface area (Å²) in [6, 6.07) is 13.1. The minimum atomic E-state index is -0.547. The number of benzene rings is 2. The molecule has 2 N–H and O–H groups in total. The van der Waals surface area contributed by atoms with Crippen LogP contribution in [0.2, 0.25) is 5.02 Å². The molecule has 0 fully saturated rings. The molecule has 1 aromatic heterocycles. The number of aryl methyl sites for hydroxylation is 1. The van der Waals surface area contributed by atoms with Crippen molar-refractivity contribution in [3.8, 4) is 11.3 Å². The molecule has 27 heavy (non-hydrogen) atoms. The van der Waals surface area contributed by atoms with Crippen LogP contribution in [0.1, 0.15) is 16.1 Å². The van der Waals surface area contributed by atoms with Gasteiger partial charge < -0.3 is 9.73 Å². The van der Waals surface area contributed by atoms with Crippen LogP contribution in [0.25, 0.3) is 11.3 Å². The number of furan rings is 1. The van der Waals surface area contributed by atoms with Crippen molar-refractivity contribution in [2.75, 3.05) is 5.32 Å². The third-order valence-electron chi connectivity index (χ3n) is 3.69. The van der Waals surface area contributed by atoms with Crippen molar-refractivity contribution in [2.45, 2.75) is 6.92 Å².